The molecule has 9 aromatic rings. The van der Waals surface area contributed by atoms with Crippen LogP contribution in [0.1, 0.15) is 0 Å². The lowest BCUT2D eigenvalue weighted by molar-refractivity contribution is 1.18. The Kier molecular flexibility index (Phi) is 5.13. The second-order valence-corrected chi connectivity index (χ2v) is 12.0. The molecule has 196 valence electrons. The number of hydrogen-bond donors (Lipinski definition) is 0. The van der Waals surface area contributed by atoms with E-state index in [1.54, 1.807) is 0 Å². The average Bonchev–Trinajstić information content (AvgIpc) is 3.59. The smallest absolute Gasteiger partial charge is 0.0547 e. The molecule has 1 nitrogen and oxygen atoms in total. The molecule has 42 heavy (non-hydrogen) atoms. The molecule has 0 aliphatic heterocycles. The fraction of sp³-hybridized carbons (Fsp3) is 0. The highest BCUT2D eigenvalue weighted by molar-refractivity contribution is 7.26. The van der Waals surface area contributed by atoms with Crippen LogP contribution < -0.4 is 0 Å². The lowest BCUT2D eigenvalue weighted by Crippen LogP contribution is -1.93. The van der Waals surface area contributed by atoms with Crippen molar-refractivity contribution >= 4 is 64.1 Å². The summed E-state index contributed by atoms with van der Waals surface area (Å²) >= 11 is 1.88. The molecule has 0 N–H and O–H groups in total. The van der Waals surface area contributed by atoms with E-state index >= 15 is 0 Å². The van der Waals surface area contributed by atoms with Crippen molar-refractivity contribution in [2.45, 2.75) is 0 Å². The number of thiophene rings is 1. The number of rotatable bonds is 3. The van der Waals surface area contributed by atoms with E-state index in [0.29, 0.717) is 0 Å². The predicted molar refractivity (Wildman–Crippen MR) is 182 cm³/mol. The van der Waals surface area contributed by atoms with E-state index in [4.69, 9.17) is 0 Å². The Bertz CT molecular complexity index is 2460. The van der Waals surface area contributed by atoms with E-state index in [1.807, 2.05) is 11.3 Å². The van der Waals surface area contributed by atoms with Crippen molar-refractivity contribution < 1.29 is 0 Å². The second-order valence-electron chi connectivity index (χ2n) is 11.0. The van der Waals surface area contributed by atoms with Crippen LogP contribution in [0.4, 0.5) is 0 Å². The lowest BCUT2D eigenvalue weighted by atomic mass is 9.98. The van der Waals surface area contributed by atoms with E-state index in [1.165, 1.54) is 80.7 Å². The molecular formula is C40H25NS. The van der Waals surface area contributed by atoms with Crippen LogP contribution >= 0.6 is 11.3 Å². The molecule has 0 aliphatic rings. The number of para-hydroxylation sites is 1. The Morgan fingerprint density at radius 2 is 1.10 bits per heavy atom. The minimum atomic E-state index is 1.17. The van der Waals surface area contributed by atoms with Crippen LogP contribution in [0.3, 0.4) is 0 Å². The van der Waals surface area contributed by atoms with Crippen LogP contribution in [-0.2, 0) is 0 Å². The largest absolute Gasteiger partial charge is 0.309 e. The molecule has 2 heterocycles. The third-order valence-electron chi connectivity index (χ3n) is 8.58. The summed E-state index contributed by atoms with van der Waals surface area (Å²) in [4.78, 5) is 0. The molecule has 0 unspecified atom stereocenters. The van der Waals surface area contributed by atoms with Gasteiger partial charge in [0.1, 0.15) is 0 Å². The van der Waals surface area contributed by atoms with Crippen molar-refractivity contribution in [3.05, 3.63) is 152 Å². The molecule has 0 spiro atoms. The first kappa shape index (κ1) is 23.5. The van der Waals surface area contributed by atoms with Crippen molar-refractivity contribution in [2.75, 3.05) is 0 Å². The van der Waals surface area contributed by atoms with Crippen molar-refractivity contribution in [1.29, 1.82) is 0 Å². The van der Waals surface area contributed by atoms with Crippen molar-refractivity contribution in [2.24, 2.45) is 0 Å². The molecule has 7 aromatic carbocycles. The van der Waals surface area contributed by atoms with Gasteiger partial charge in [0, 0.05) is 36.6 Å². The van der Waals surface area contributed by atoms with E-state index in [-0.39, 0.29) is 0 Å². The van der Waals surface area contributed by atoms with Gasteiger partial charge in [0.2, 0.25) is 0 Å². The first-order valence-corrected chi connectivity index (χ1v) is 15.2. The highest BCUT2D eigenvalue weighted by atomic mass is 32.1. The molecule has 0 amide bonds. The standard InChI is InChI=1S/C40H25NS/c1-2-10-29-25-38-36(24-28(29)9-1)33-13-3-5-17-37(33)41(38)31-21-19-26(20-22-31)27-11-7-12-30(23-27)32-15-8-16-35-34-14-4-6-18-39(34)42-40(32)35/h1-25H. The van der Waals surface area contributed by atoms with Crippen LogP contribution in [0.25, 0.3) is 80.7 Å². The SMILES string of the molecule is c1cc(-c2ccc(-n3c4ccccc4c4cc5ccccc5cc43)cc2)cc(-c2cccc3c2sc2ccccc23)c1. The molecule has 2 aromatic heterocycles. The summed E-state index contributed by atoms with van der Waals surface area (Å²) in [5, 5.41) is 7.78. The zero-order valence-electron chi connectivity index (χ0n) is 22.8. The summed E-state index contributed by atoms with van der Waals surface area (Å²) in [6.45, 7) is 0. The minimum absolute atomic E-state index is 1.17. The molecule has 9 rings (SSSR count). The third-order valence-corrected chi connectivity index (χ3v) is 9.80. The van der Waals surface area contributed by atoms with Crippen molar-refractivity contribution in [3.63, 3.8) is 0 Å². The van der Waals surface area contributed by atoms with E-state index in [9.17, 15) is 0 Å². The lowest BCUT2D eigenvalue weighted by Gasteiger charge is -2.11. The van der Waals surface area contributed by atoms with Gasteiger partial charge < -0.3 is 4.57 Å². The number of benzene rings is 7. The zero-order valence-corrected chi connectivity index (χ0v) is 23.6. The normalized spacial score (nSPS) is 11.8. The molecule has 0 atom stereocenters. The minimum Gasteiger partial charge on any atom is -0.309 e. The summed E-state index contributed by atoms with van der Waals surface area (Å²) in [6, 6.07) is 55.4. The van der Waals surface area contributed by atoms with E-state index in [0.717, 1.165) is 0 Å². The molecule has 2 heteroatoms. The highest BCUT2D eigenvalue weighted by Gasteiger charge is 2.14. The van der Waals surface area contributed by atoms with Gasteiger partial charge in [-0.15, -0.1) is 11.3 Å². The fourth-order valence-corrected chi connectivity index (χ4v) is 7.82. The Morgan fingerprint density at radius 3 is 1.98 bits per heavy atom. The Balaban J connectivity index is 1.16. The van der Waals surface area contributed by atoms with Gasteiger partial charge in [-0.25, -0.2) is 0 Å². The number of nitrogens with zero attached hydrogens (tertiary/aromatic N) is 1. The topological polar surface area (TPSA) is 4.93 Å². The van der Waals surface area contributed by atoms with Crippen LogP contribution in [0, 0.1) is 0 Å². The number of aromatic nitrogens is 1. The molecule has 0 bridgehead atoms. The maximum atomic E-state index is 2.40. The fourth-order valence-electron chi connectivity index (χ4n) is 6.58. The summed E-state index contributed by atoms with van der Waals surface area (Å²) < 4.78 is 5.09. The molecular weight excluding hydrogens is 527 g/mol. The van der Waals surface area contributed by atoms with E-state index < -0.39 is 0 Å². The Morgan fingerprint density at radius 1 is 0.405 bits per heavy atom. The van der Waals surface area contributed by atoms with Gasteiger partial charge in [-0.3, -0.25) is 0 Å². The summed E-state index contributed by atoms with van der Waals surface area (Å²) in [5.74, 6) is 0. The zero-order chi connectivity index (χ0) is 27.6. The number of hydrogen-bond acceptors (Lipinski definition) is 1. The van der Waals surface area contributed by atoms with Crippen LogP contribution in [-0.4, -0.2) is 4.57 Å². The first-order chi connectivity index (χ1) is 20.8. The first-order valence-electron chi connectivity index (χ1n) is 14.4. The van der Waals surface area contributed by atoms with Gasteiger partial charge in [0.25, 0.3) is 0 Å². The van der Waals surface area contributed by atoms with Gasteiger partial charge in [-0.1, -0.05) is 109 Å². The number of fused-ring (bicyclic) bond motifs is 7. The maximum absolute atomic E-state index is 2.40. The van der Waals surface area contributed by atoms with Crippen molar-refractivity contribution in [1.82, 2.24) is 4.57 Å². The Hall–Kier alpha value is -5.18. The van der Waals surface area contributed by atoms with Gasteiger partial charge in [-0.2, -0.15) is 0 Å². The van der Waals surface area contributed by atoms with Crippen LogP contribution in [0.15, 0.2) is 152 Å². The molecule has 0 fully saturated rings. The van der Waals surface area contributed by atoms with Gasteiger partial charge in [-0.05, 0) is 75.5 Å². The maximum Gasteiger partial charge on any atom is 0.0547 e. The molecule has 0 aliphatic carbocycles. The highest BCUT2D eigenvalue weighted by Crippen LogP contribution is 2.41. The Labute approximate surface area is 247 Å². The van der Waals surface area contributed by atoms with Gasteiger partial charge in [0.05, 0.1) is 11.0 Å². The van der Waals surface area contributed by atoms with E-state index in [2.05, 4.69) is 156 Å². The summed E-state index contributed by atoms with van der Waals surface area (Å²) in [7, 11) is 0. The average molecular weight is 552 g/mol. The second kappa shape index (κ2) is 9.17. The van der Waals surface area contributed by atoms with Crippen LogP contribution in [0.2, 0.25) is 0 Å². The molecule has 0 radical (unpaired) electrons. The van der Waals surface area contributed by atoms with Gasteiger partial charge >= 0.3 is 0 Å². The molecule has 0 saturated heterocycles. The predicted octanol–water partition coefficient (Wildman–Crippen LogP) is 11.6. The van der Waals surface area contributed by atoms with Crippen molar-refractivity contribution in [3.8, 4) is 27.9 Å². The summed E-state index contributed by atoms with van der Waals surface area (Å²) in [6.07, 6.45) is 0. The third kappa shape index (κ3) is 3.56. The van der Waals surface area contributed by atoms with Crippen LogP contribution in [0.5, 0.6) is 0 Å². The quantitative estimate of drug-likeness (QED) is 0.206. The summed E-state index contributed by atoms with van der Waals surface area (Å²) in [5.41, 5.74) is 8.63. The van der Waals surface area contributed by atoms with Gasteiger partial charge in [0.15, 0.2) is 0 Å². The molecule has 0 saturated carbocycles. The monoisotopic (exact) mass is 551 g/mol.